The van der Waals surface area contributed by atoms with Crippen molar-refractivity contribution in [1.82, 2.24) is 4.98 Å². The molecule has 8 N–H and O–H groups in total. The molecule has 0 unspecified atom stereocenters. The Bertz CT molecular complexity index is 495. The smallest absolute Gasteiger partial charge is 0.320 e. The number of carboxylic acid groups (broad SMARTS) is 1. The maximum atomic E-state index is 10.6. The normalized spacial score (nSPS) is 11.7. The van der Waals surface area contributed by atoms with Crippen molar-refractivity contribution in [2.75, 3.05) is 0 Å². The van der Waals surface area contributed by atoms with E-state index in [4.69, 9.17) is 10.8 Å². The van der Waals surface area contributed by atoms with Gasteiger partial charge in [0.2, 0.25) is 0 Å². The minimum Gasteiger partial charge on any atom is -0.480 e. The van der Waals surface area contributed by atoms with Crippen LogP contribution in [0.1, 0.15) is 5.56 Å². The van der Waals surface area contributed by atoms with Crippen LogP contribution in [-0.4, -0.2) is 22.1 Å². The zero-order chi connectivity index (χ0) is 12.8. The van der Waals surface area contributed by atoms with Crippen LogP contribution in [0.2, 0.25) is 0 Å². The quantitative estimate of drug-likeness (QED) is 0.376. The molecule has 2 aromatic rings. The summed E-state index contributed by atoms with van der Waals surface area (Å²) in [5.74, 6) is 7.03. The first-order valence-corrected chi connectivity index (χ1v) is 5.05. The second-order valence-corrected chi connectivity index (χ2v) is 3.51. The summed E-state index contributed by atoms with van der Waals surface area (Å²) in [4.78, 5) is 13.7. The van der Waals surface area contributed by atoms with Crippen molar-refractivity contribution in [2.45, 2.75) is 12.5 Å². The molecule has 0 aliphatic carbocycles. The molecule has 0 aliphatic heterocycles. The molecule has 0 bridgehead atoms. The Morgan fingerprint density at radius 1 is 1.35 bits per heavy atom. The monoisotopic (exact) mass is 236 g/mol. The fourth-order valence-electron chi connectivity index (χ4n) is 1.62. The number of nitrogens with two attached hydrogens (primary N) is 3. The molecule has 0 spiro atoms. The van der Waals surface area contributed by atoms with Crippen LogP contribution in [0, 0.1) is 0 Å². The van der Waals surface area contributed by atoms with E-state index in [0.29, 0.717) is 6.42 Å². The Balaban J connectivity index is 0.000000686. The number of hydrazine groups is 1. The molecular weight excluding hydrogens is 220 g/mol. The number of carbonyl (C=O) groups is 1. The molecule has 0 radical (unpaired) electrons. The summed E-state index contributed by atoms with van der Waals surface area (Å²) in [6.45, 7) is 0. The number of aliphatic carboxylic acids is 1. The molecule has 6 nitrogen and oxygen atoms in total. The van der Waals surface area contributed by atoms with Gasteiger partial charge in [-0.15, -0.1) is 0 Å². The molecule has 0 fully saturated rings. The van der Waals surface area contributed by atoms with E-state index in [1.807, 2.05) is 30.5 Å². The first-order valence-electron chi connectivity index (χ1n) is 5.05. The Morgan fingerprint density at radius 3 is 2.65 bits per heavy atom. The number of benzene rings is 1. The Morgan fingerprint density at radius 2 is 2.00 bits per heavy atom. The summed E-state index contributed by atoms with van der Waals surface area (Å²) in [5.41, 5.74) is 7.43. The van der Waals surface area contributed by atoms with E-state index in [-0.39, 0.29) is 0 Å². The number of carboxylic acids is 1. The third kappa shape index (κ3) is 3.04. The van der Waals surface area contributed by atoms with E-state index in [0.717, 1.165) is 16.5 Å². The summed E-state index contributed by atoms with van der Waals surface area (Å²) in [6.07, 6.45) is 2.16. The lowest BCUT2D eigenvalue weighted by Gasteiger charge is -2.04. The number of rotatable bonds is 3. The molecule has 0 amide bonds. The van der Waals surface area contributed by atoms with Crippen LogP contribution >= 0.6 is 0 Å². The van der Waals surface area contributed by atoms with Gasteiger partial charge in [0.25, 0.3) is 0 Å². The largest absolute Gasteiger partial charge is 0.480 e. The molecule has 1 aromatic heterocycles. The maximum absolute atomic E-state index is 10.6. The van der Waals surface area contributed by atoms with E-state index in [2.05, 4.69) is 16.7 Å². The summed E-state index contributed by atoms with van der Waals surface area (Å²) in [5, 5.41) is 9.75. The van der Waals surface area contributed by atoms with Gasteiger partial charge in [0.1, 0.15) is 6.04 Å². The lowest BCUT2D eigenvalue weighted by molar-refractivity contribution is -0.138. The number of aromatic nitrogens is 1. The molecule has 2 rings (SSSR count). The van der Waals surface area contributed by atoms with Gasteiger partial charge in [-0.3, -0.25) is 16.5 Å². The van der Waals surface area contributed by atoms with Gasteiger partial charge in [0, 0.05) is 23.5 Å². The minimum atomic E-state index is -0.972. The third-order valence-electron chi connectivity index (χ3n) is 2.43. The van der Waals surface area contributed by atoms with E-state index >= 15 is 0 Å². The van der Waals surface area contributed by atoms with Gasteiger partial charge in [0.05, 0.1) is 0 Å². The number of para-hydroxylation sites is 1. The lowest BCUT2D eigenvalue weighted by atomic mass is 10.1. The highest BCUT2D eigenvalue weighted by Gasteiger charge is 2.14. The number of H-pyrrole nitrogens is 1. The molecule has 92 valence electrons. The van der Waals surface area contributed by atoms with Crippen LogP contribution in [0.4, 0.5) is 0 Å². The van der Waals surface area contributed by atoms with Crippen molar-refractivity contribution in [1.29, 1.82) is 0 Å². The highest BCUT2D eigenvalue weighted by atomic mass is 16.4. The fraction of sp³-hybridized carbons (Fsp3) is 0.182. The fourth-order valence-corrected chi connectivity index (χ4v) is 1.62. The number of nitrogens with one attached hydrogen (secondary N) is 1. The first kappa shape index (κ1) is 13.2. The summed E-state index contributed by atoms with van der Waals surface area (Å²) < 4.78 is 0. The van der Waals surface area contributed by atoms with Crippen LogP contribution in [-0.2, 0) is 11.2 Å². The van der Waals surface area contributed by atoms with E-state index in [1.54, 1.807) is 0 Å². The lowest BCUT2D eigenvalue weighted by Crippen LogP contribution is -2.32. The van der Waals surface area contributed by atoms with Gasteiger partial charge in [-0.1, -0.05) is 18.2 Å². The summed E-state index contributed by atoms with van der Waals surface area (Å²) in [6, 6.07) is 6.91. The van der Waals surface area contributed by atoms with Crippen molar-refractivity contribution in [3.63, 3.8) is 0 Å². The topological polar surface area (TPSA) is 131 Å². The molecule has 17 heavy (non-hydrogen) atoms. The van der Waals surface area contributed by atoms with Crippen LogP contribution in [0.3, 0.4) is 0 Å². The average molecular weight is 236 g/mol. The standard InChI is InChI=1S/C11H12N2O2.H4N2/c12-9(11(14)15)5-7-6-13-10-4-2-1-3-8(7)10;1-2/h1-4,6,9,13H,5,12H2,(H,14,15);1-2H2/t9-;/m0./s1. The summed E-state index contributed by atoms with van der Waals surface area (Å²) >= 11 is 0. The van der Waals surface area contributed by atoms with Crippen molar-refractivity contribution in [3.8, 4) is 0 Å². The van der Waals surface area contributed by atoms with Crippen molar-refractivity contribution >= 4 is 16.9 Å². The van der Waals surface area contributed by atoms with Gasteiger partial charge in [-0.25, -0.2) is 0 Å². The number of aromatic amines is 1. The highest BCUT2D eigenvalue weighted by molar-refractivity contribution is 5.84. The van der Waals surface area contributed by atoms with Gasteiger partial charge >= 0.3 is 5.97 Å². The van der Waals surface area contributed by atoms with Crippen LogP contribution in [0.5, 0.6) is 0 Å². The molecule has 0 saturated heterocycles. The SMILES string of the molecule is NN.N[C@@H](Cc1c[nH]c2ccccc12)C(=O)O. The average Bonchev–Trinajstić information content (AvgIpc) is 2.75. The highest BCUT2D eigenvalue weighted by Crippen LogP contribution is 2.18. The van der Waals surface area contributed by atoms with Crippen LogP contribution in [0.15, 0.2) is 30.5 Å². The van der Waals surface area contributed by atoms with Crippen LogP contribution < -0.4 is 17.4 Å². The van der Waals surface area contributed by atoms with Gasteiger partial charge in [-0.05, 0) is 11.6 Å². The Hall–Kier alpha value is -1.89. The van der Waals surface area contributed by atoms with E-state index < -0.39 is 12.0 Å². The minimum absolute atomic E-state index is 0.347. The van der Waals surface area contributed by atoms with Crippen LogP contribution in [0.25, 0.3) is 10.9 Å². The second kappa shape index (κ2) is 6.00. The van der Waals surface area contributed by atoms with Crippen molar-refractivity contribution in [2.24, 2.45) is 17.4 Å². The molecule has 0 saturated carbocycles. The molecule has 0 aliphatic rings. The molecule has 6 heteroatoms. The van der Waals surface area contributed by atoms with E-state index in [9.17, 15) is 4.79 Å². The molecular formula is C11H16N4O2. The number of hydrogen-bond donors (Lipinski definition) is 5. The molecule has 1 atom stereocenters. The van der Waals surface area contributed by atoms with Crippen molar-refractivity contribution < 1.29 is 9.90 Å². The zero-order valence-electron chi connectivity index (χ0n) is 9.26. The van der Waals surface area contributed by atoms with Gasteiger partial charge in [0.15, 0.2) is 0 Å². The van der Waals surface area contributed by atoms with Crippen molar-refractivity contribution in [3.05, 3.63) is 36.0 Å². The van der Waals surface area contributed by atoms with Gasteiger partial charge < -0.3 is 15.8 Å². The first-order chi connectivity index (χ1) is 8.18. The van der Waals surface area contributed by atoms with Gasteiger partial charge in [-0.2, -0.15) is 0 Å². The van der Waals surface area contributed by atoms with E-state index in [1.165, 1.54) is 0 Å². The second-order valence-electron chi connectivity index (χ2n) is 3.51. The summed E-state index contributed by atoms with van der Waals surface area (Å²) in [7, 11) is 0. The Labute approximate surface area is 98.4 Å². The third-order valence-corrected chi connectivity index (χ3v) is 2.43. The number of hydrogen-bond acceptors (Lipinski definition) is 4. The number of fused-ring (bicyclic) bond motifs is 1. The Kier molecular flexibility index (Phi) is 4.65. The maximum Gasteiger partial charge on any atom is 0.320 e. The predicted molar refractivity (Wildman–Crippen MR) is 66.0 cm³/mol. The molecule has 1 heterocycles. The molecule has 1 aromatic carbocycles. The predicted octanol–water partition coefficient (Wildman–Crippen LogP) is -0.0589. The zero-order valence-corrected chi connectivity index (χ0v) is 9.26.